The zero-order valence-electron chi connectivity index (χ0n) is 32.6. The van der Waals surface area contributed by atoms with Crippen molar-refractivity contribution in [3.63, 3.8) is 0 Å². The number of rotatable bonds is 14. The summed E-state index contributed by atoms with van der Waals surface area (Å²) < 4.78 is 18.5. The van der Waals surface area contributed by atoms with Crippen LogP contribution in [0.25, 0.3) is 32.3 Å². The first kappa shape index (κ1) is 38.8. The second-order valence-corrected chi connectivity index (χ2v) is 14.9. The first-order valence-electron chi connectivity index (χ1n) is 18.8. The van der Waals surface area contributed by atoms with Gasteiger partial charge in [0.05, 0.1) is 53.0 Å². The van der Waals surface area contributed by atoms with Gasteiger partial charge in [-0.05, 0) is 64.2 Å². The van der Waals surface area contributed by atoms with Crippen molar-refractivity contribution in [1.29, 1.82) is 0 Å². The number of para-hydroxylation sites is 1. The number of amides is 2. The third kappa shape index (κ3) is 8.76. The smallest absolute Gasteiger partial charge is 0.291 e. The molecule has 8 rings (SSSR count). The maximum absolute atomic E-state index is 13.7. The van der Waals surface area contributed by atoms with Crippen LogP contribution in [0, 0.1) is 0 Å². The van der Waals surface area contributed by atoms with E-state index in [0.717, 1.165) is 51.6 Å². The highest BCUT2D eigenvalue weighted by molar-refractivity contribution is 7.13. The van der Waals surface area contributed by atoms with Crippen LogP contribution in [0.15, 0.2) is 136 Å². The van der Waals surface area contributed by atoms with Crippen molar-refractivity contribution in [2.45, 2.75) is 26.2 Å². The van der Waals surface area contributed by atoms with Gasteiger partial charge in [-0.25, -0.2) is 0 Å². The zero-order chi connectivity index (χ0) is 40.9. The summed E-state index contributed by atoms with van der Waals surface area (Å²) in [5.41, 5.74) is 8.67. The summed E-state index contributed by atoms with van der Waals surface area (Å²) in [6.07, 6.45) is 3.79. The summed E-state index contributed by atoms with van der Waals surface area (Å²) in [6, 6.07) is 34.0. The Hall–Kier alpha value is -7.09. The highest BCUT2D eigenvalue weighted by atomic mass is 32.1. The van der Waals surface area contributed by atoms with Gasteiger partial charge >= 0.3 is 0 Å². The molecule has 5 aromatic carbocycles. The van der Waals surface area contributed by atoms with Crippen molar-refractivity contribution in [1.82, 2.24) is 25.0 Å². The number of aromatic nitrogens is 3. The fraction of sp³-hybridized carbons (Fsp3) is 0.152. The van der Waals surface area contributed by atoms with E-state index in [2.05, 4.69) is 80.2 Å². The Morgan fingerprint density at radius 1 is 0.780 bits per heavy atom. The number of aryl methyl sites for hydroxylation is 1. The van der Waals surface area contributed by atoms with Gasteiger partial charge in [-0.1, -0.05) is 60.7 Å². The molecule has 13 heteroatoms. The second-order valence-electron chi connectivity index (χ2n) is 14.0. The topological polar surface area (TPSA) is 141 Å². The van der Waals surface area contributed by atoms with Crippen LogP contribution in [0.4, 0.5) is 5.69 Å². The van der Waals surface area contributed by atoms with Crippen molar-refractivity contribution in [3.8, 4) is 21.9 Å². The number of thiazole rings is 1. The lowest BCUT2D eigenvalue weighted by Crippen LogP contribution is -2.25. The average molecular weight is 805 g/mol. The number of benzene rings is 5. The summed E-state index contributed by atoms with van der Waals surface area (Å²) in [7, 11) is 4.87. The van der Waals surface area contributed by atoms with E-state index >= 15 is 0 Å². The number of fused-ring (bicyclic) bond motifs is 2. The predicted octanol–water partition coefficient (Wildman–Crippen LogP) is 8.21. The lowest BCUT2D eigenvalue weighted by atomic mass is 10.1. The highest BCUT2D eigenvalue weighted by Gasteiger charge is 2.21. The van der Waals surface area contributed by atoms with E-state index in [1.54, 1.807) is 35.6 Å². The minimum atomic E-state index is -0.705. The van der Waals surface area contributed by atoms with Crippen LogP contribution < -0.4 is 25.5 Å². The van der Waals surface area contributed by atoms with E-state index in [9.17, 15) is 14.4 Å². The van der Waals surface area contributed by atoms with Gasteiger partial charge in [0.25, 0.3) is 11.8 Å². The summed E-state index contributed by atoms with van der Waals surface area (Å²) in [6.45, 7) is 2.37. The molecule has 2 N–H and O–H groups in total. The van der Waals surface area contributed by atoms with Gasteiger partial charge in [0, 0.05) is 56.9 Å². The normalized spacial score (nSPS) is 11.3. The number of hydrogen-bond donors (Lipinski definition) is 2. The van der Waals surface area contributed by atoms with Crippen molar-refractivity contribution >= 4 is 50.7 Å². The Morgan fingerprint density at radius 2 is 1.51 bits per heavy atom. The van der Waals surface area contributed by atoms with Crippen LogP contribution in [-0.4, -0.2) is 45.7 Å². The SMILES string of the molecule is COc1cc(NC(=O)c2cc(=O)c3ccccc3o2)c(C(=O)NCc2ccc(CN(Cc3cccc(-c4cncs4)c3)Cc3ccc4c(cnn4C)c3)cc2)cc1OC. The molecule has 12 nitrogen and oxygen atoms in total. The quantitative estimate of drug-likeness (QED) is 0.111. The van der Waals surface area contributed by atoms with Gasteiger partial charge in [0.15, 0.2) is 22.7 Å². The van der Waals surface area contributed by atoms with E-state index in [4.69, 9.17) is 13.9 Å². The van der Waals surface area contributed by atoms with E-state index < -0.39 is 11.8 Å². The van der Waals surface area contributed by atoms with Gasteiger partial charge in [-0.15, -0.1) is 11.3 Å². The molecule has 0 saturated heterocycles. The van der Waals surface area contributed by atoms with Gasteiger partial charge in [0.1, 0.15) is 5.58 Å². The molecule has 3 aromatic heterocycles. The molecule has 0 fully saturated rings. The molecule has 0 radical (unpaired) electrons. The van der Waals surface area contributed by atoms with Gasteiger partial charge in [-0.2, -0.15) is 5.10 Å². The zero-order valence-corrected chi connectivity index (χ0v) is 33.4. The number of hydrogen-bond acceptors (Lipinski definition) is 10. The monoisotopic (exact) mass is 804 g/mol. The fourth-order valence-electron chi connectivity index (χ4n) is 7.05. The highest BCUT2D eigenvalue weighted by Crippen LogP contribution is 2.34. The van der Waals surface area contributed by atoms with Crippen LogP contribution in [0.2, 0.25) is 0 Å². The maximum Gasteiger partial charge on any atom is 0.291 e. The standard InChI is InChI=1S/C46H40N6O6S/c1-51-38-16-15-32(18-34(38)23-49-51)27-52(26-31-7-6-8-33(17-31)44-24-47-28-59-44)25-30-13-11-29(12-14-30)22-48-45(54)36-19-41(56-2)42(57-3)20-37(36)50-46(55)43-21-39(53)35-9-4-5-10-40(35)58-43/h4-21,23-24,28H,22,25-27H2,1-3H3,(H,48,54)(H,50,55). The maximum atomic E-state index is 13.7. The van der Waals surface area contributed by atoms with Gasteiger partial charge < -0.3 is 24.5 Å². The molecule has 0 aliphatic rings. The first-order valence-corrected chi connectivity index (χ1v) is 19.7. The number of carbonyl (C=O) groups is 2. The second kappa shape index (κ2) is 17.2. The summed E-state index contributed by atoms with van der Waals surface area (Å²) >= 11 is 1.62. The van der Waals surface area contributed by atoms with Gasteiger partial charge in [0.2, 0.25) is 0 Å². The minimum Gasteiger partial charge on any atom is -0.493 e. The van der Waals surface area contributed by atoms with Crippen molar-refractivity contribution in [3.05, 3.63) is 171 Å². The number of methoxy groups -OCH3 is 2. The third-order valence-corrected chi connectivity index (χ3v) is 10.8. The molecule has 0 unspecified atom stereocenters. The number of carbonyl (C=O) groups excluding carboxylic acids is 2. The molecule has 3 heterocycles. The molecule has 0 atom stereocenters. The summed E-state index contributed by atoms with van der Waals surface area (Å²) in [4.78, 5) is 47.6. The number of nitrogens with zero attached hydrogens (tertiary/aromatic N) is 4. The molecule has 0 aliphatic heterocycles. The number of ether oxygens (including phenoxy) is 2. The number of nitrogens with one attached hydrogen (secondary N) is 2. The van der Waals surface area contributed by atoms with Gasteiger partial charge in [-0.3, -0.25) is 28.9 Å². The van der Waals surface area contributed by atoms with E-state index in [-0.39, 0.29) is 34.6 Å². The predicted molar refractivity (Wildman–Crippen MR) is 229 cm³/mol. The van der Waals surface area contributed by atoms with Crippen LogP contribution in [0.1, 0.15) is 43.2 Å². The molecule has 59 heavy (non-hydrogen) atoms. The van der Waals surface area contributed by atoms with Crippen LogP contribution >= 0.6 is 11.3 Å². The molecule has 0 spiro atoms. The molecule has 0 saturated carbocycles. The third-order valence-electron chi connectivity index (χ3n) is 10.0. The lowest BCUT2D eigenvalue weighted by Gasteiger charge is -2.23. The fourth-order valence-corrected chi connectivity index (χ4v) is 7.67. The van der Waals surface area contributed by atoms with Crippen LogP contribution in [0.5, 0.6) is 11.5 Å². The Balaban J connectivity index is 0.981. The molecule has 0 aliphatic carbocycles. The van der Waals surface area contributed by atoms with Crippen LogP contribution in [0.3, 0.4) is 0 Å². The van der Waals surface area contributed by atoms with Crippen molar-refractivity contribution in [2.24, 2.45) is 7.05 Å². The Morgan fingerprint density at radius 3 is 2.29 bits per heavy atom. The van der Waals surface area contributed by atoms with E-state index in [1.807, 2.05) is 41.8 Å². The molecular formula is C46H40N6O6S. The Labute approximate surface area is 343 Å². The molecule has 2 amide bonds. The van der Waals surface area contributed by atoms with Crippen molar-refractivity contribution < 1.29 is 23.5 Å². The summed E-state index contributed by atoms with van der Waals surface area (Å²) in [5, 5.41) is 11.6. The Bertz CT molecular complexity index is 2850. The summed E-state index contributed by atoms with van der Waals surface area (Å²) in [5.74, 6) is -0.759. The lowest BCUT2D eigenvalue weighted by molar-refractivity contribution is 0.0951. The van der Waals surface area contributed by atoms with E-state index in [1.165, 1.54) is 37.5 Å². The van der Waals surface area contributed by atoms with Crippen molar-refractivity contribution in [2.75, 3.05) is 19.5 Å². The first-order chi connectivity index (χ1) is 28.7. The number of anilines is 1. The Kier molecular flexibility index (Phi) is 11.3. The largest absolute Gasteiger partial charge is 0.493 e. The molecule has 0 bridgehead atoms. The average Bonchev–Trinajstić information content (AvgIpc) is 3.93. The molecule has 296 valence electrons. The molecule has 8 aromatic rings. The van der Waals surface area contributed by atoms with Crippen LogP contribution in [-0.2, 0) is 33.2 Å². The minimum absolute atomic E-state index is 0.135. The molecular weight excluding hydrogens is 765 g/mol. The van der Waals surface area contributed by atoms with E-state index in [0.29, 0.717) is 23.4 Å².